The normalized spacial score (nSPS) is 12.6. The first-order valence-electron chi connectivity index (χ1n) is 10.0. The summed E-state index contributed by atoms with van der Waals surface area (Å²) >= 11 is 0. The molecule has 0 atom stereocenters. The van der Waals surface area contributed by atoms with Gasteiger partial charge < -0.3 is 10.6 Å². The molecule has 0 unspecified atom stereocenters. The third kappa shape index (κ3) is 5.11. The summed E-state index contributed by atoms with van der Waals surface area (Å²) in [5.41, 5.74) is 8.71. The average molecular weight is 395 g/mol. The highest BCUT2D eigenvalue weighted by atomic mass is 14.9. The second kappa shape index (κ2) is 9.05. The Bertz CT molecular complexity index is 1100. The molecule has 0 heterocycles. The van der Waals surface area contributed by atoms with Gasteiger partial charge in [0.1, 0.15) is 0 Å². The number of aryl methyl sites for hydroxylation is 1. The summed E-state index contributed by atoms with van der Waals surface area (Å²) in [4.78, 5) is 6.86. The summed E-state index contributed by atoms with van der Waals surface area (Å²) in [5, 5.41) is 6.54. The van der Waals surface area contributed by atoms with Crippen LogP contribution in [-0.2, 0) is 0 Å². The van der Waals surface area contributed by atoms with Crippen molar-refractivity contribution in [3.05, 3.63) is 103 Å². The molecule has 1 aliphatic carbocycles. The van der Waals surface area contributed by atoms with Gasteiger partial charge in [-0.25, -0.2) is 9.98 Å². The summed E-state index contributed by atoms with van der Waals surface area (Å²) in [6, 6.07) is 24.9. The third-order valence-corrected chi connectivity index (χ3v) is 4.86. The smallest absolute Gasteiger partial charge is 0.204 e. The Labute approximate surface area is 177 Å². The number of anilines is 3. The van der Waals surface area contributed by atoms with E-state index in [0.717, 1.165) is 39.9 Å². The van der Waals surface area contributed by atoms with E-state index < -0.39 is 0 Å². The minimum atomic E-state index is 1.05. The second-order valence-corrected chi connectivity index (χ2v) is 7.22. The van der Waals surface area contributed by atoms with Crippen molar-refractivity contribution in [2.24, 2.45) is 0 Å². The number of hydrogen-bond acceptors (Lipinski definition) is 2. The van der Waals surface area contributed by atoms with E-state index in [1.54, 1.807) is 0 Å². The van der Waals surface area contributed by atoms with Gasteiger partial charge in [0.15, 0.2) is 0 Å². The summed E-state index contributed by atoms with van der Waals surface area (Å²) < 4.78 is 0. The van der Waals surface area contributed by atoms with Crippen LogP contribution in [0.2, 0.25) is 0 Å². The van der Waals surface area contributed by atoms with E-state index in [0.29, 0.717) is 0 Å². The molecule has 0 radical (unpaired) electrons. The molecule has 0 saturated heterocycles. The number of hydrogen-bond donors (Lipinski definition) is 4. The Morgan fingerprint density at radius 1 is 0.533 bits per heavy atom. The first kappa shape index (κ1) is 19.4. The minimum Gasteiger partial charge on any atom is -0.388 e. The first-order chi connectivity index (χ1) is 14.7. The second-order valence-electron chi connectivity index (χ2n) is 7.22. The average Bonchev–Trinajstić information content (AvgIpc) is 2.78. The molecule has 30 heavy (non-hydrogen) atoms. The van der Waals surface area contributed by atoms with Gasteiger partial charge in [0, 0.05) is 72.7 Å². The third-order valence-electron chi connectivity index (χ3n) is 4.86. The molecule has 0 bridgehead atoms. The lowest BCUT2D eigenvalue weighted by molar-refractivity contribution is -0.353. The topological polar surface area (TPSA) is 52.0 Å². The lowest BCUT2D eigenvalue weighted by atomic mass is 10.1. The van der Waals surface area contributed by atoms with Gasteiger partial charge in [-0.15, -0.1) is 0 Å². The number of nitrogens with one attached hydrogen (secondary N) is 4. The van der Waals surface area contributed by atoms with E-state index >= 15 is 0 Å². The van der Waals surface area contributed by atoms with Crippen molar-refractivity contribution in [3.8, 4) is 0 Å². The van der Waals surface area contributed by atoms with E-state index in [9.17, 15) is 0 Å². The van der Waals surface area contributed by atoms with E-state index in [4.69, 9.17) is 0 Å². The maximum atomic E-state index is 3.44. The maximum absolute atomic E-state index is 3.44. The maximum Gasteiger partial charge on any atom is 0.204 e. The first-order valence-corrected chi connectivity index (χ1v) is 10.0. The van der Waals surface area contributed by atoms with E-state index in [-0.39, 0.29) is 0 Å². The van der Waals surface area contributed by atoms with Crippen LogP contribution in [0.25, 0.3) is 0 Å². The van der Waals surface area contributed by atoms with Gasteiger partial charge in [0.25, 0.3) is 0 Å². The molecule has 0 aliphatic heterocycles. The summed E-state index contributed by atoms with van der Waals surface area (Å²) in [6.45, 7) is 2.09. The highest BCUT2D eigenvalue weighted by molar-refractivity contribution is 6.14. The minimum absolute atomic E-state index is 1.05. The van der Waals surface area contributed by atoms with Crippen molar-refractivity contribution >= 4 is 39.9 Å². The van der Waals surface area contributed by atoms with E-state index in [1.807, 2.05) is 7.05 Å². The Balaban J connectivity index is 1.40. The standard InChI is InChI=1S/C26H24N4/c1-19-3-5-21(6-4-19)28-23-11-13-25(14-12-23)30-26-17-15-24(16-18-26)29-22-9-7-20(27-2)8-10-22/h3-18,27,29H,1-2H3/p+2. The van der Waals surface area contributed by atoms with Crippen molar-refractivity contribution in [1.29, 1.82) is 0 Å². The Morgan fingerprint density at radius 2 is 0.933 bits per heavy atom. The van der Waals surface area contributed by atoms with Crippen LogP contribution >= 0.6 is 0 Å². The zero-order valence-electron chi connectivity index (χ0n) is 17.2. The quantitative estimate of drug-likeness (QED) is 0.503. The summed E-state index contributed by atoms with van der Waals surface area (Å²) in [7, 11) is 1.92. The molecule has 0 amide bonds. The highest BCUT2D eigenvalue weighted by Crippen LogP contribution is 2.19. The SMILES string of the molecule is CNc1ccc(Nc2ccc([NH+]=C3C=CC(=[NH+]c4ccc(C)cc4)C=C3)cc2)cc1. The van der Waals surface area contributed by atoms with Crippen molar-refractivity contribution in [3.63, 3.8) is 0 Å². The zero-order chi connectivity index (χ0) is 20.8. The van der Waals surface area contributed by atoms with Crippen LogP contribution in [-0.4, -0.2) is 18.5 Å². The predicted molar refractivity (Wildman–Crippen MR) is 126 cm³/mol. The van der Waals surface area contributed by atoms with E-state index in [2.05, 4.69) is 125 Å². The van der Waals surface area contributed by atoms with Gasteiger partial charge in [-0.3, -0.25) is 0 Å². The summed E-state index contributed by atoms with van der Waals surface area (Å²) in [5.74, 6) is 0. The van der Waals surface area contributed by atoms with E-state index in [1.165, 1.54) is 5.56 Å². The number of allylic oxidation sites excluding steroid dienone is 4. The molecular formula is C26H26N4+2. The van der Waals surface area contributed by atoms with Crippen molar-refractivity contribution < 1.29 is 9.98 Å². The van der Waals surface area contributed by atoms with Crippen molar-refractivity contribution in [2.45, 2.75) is 6.92 Å². The van der Waals surface area contributed by atoms with Gasteiger partial charge >= 0.3 is 0 Å². The molecule has 4 heteroatoms. The Morgan fingerprint density at radius 3 is 1.40 bits per heavy atom. The summed E-state index contributed by atoms with van der Waals surface area (Å²) in [6.07, 6.45) is 8.30. The van der Waals surface area contributed by atoms with Crippen molar-refractivity contribution in [1.82, 2.24) is 0 Å². The van der Waals surface area contributed by atoms with Crippen LogP contribution in [0, 0.1) is 6.92 Å². The molecular weight excluding hydrogens is 368 g/mol. The molecule has 0 spiro atoms. The molecule has 1 aliphatic rings. The molecule has 3 aromatic carbocycles. The van der Waals surface area contributed by atoms with Gasteiger partial charge in [-0.05, 0) is 43.3 Å². The van der Waals surface area contributed by atoms with Crippen LogP contribution in [0.15, 0.2) is 97.1 Å². The highest BCUT2D eigenvalue weighted by Gasteiger charge is 2.09. The molecule has 0 aromatic heterocycles. The molecule has 148 valence electrons. The fourth-order valence-corrected chi connectivity index (χ4v) is 3.13. The molecule has 4 N–H and O–H groups in total. The van der Waals surface area contributed by atoms with Gasteiger partial charge in [0.2, 0.25) is 22.8 Å². The molecule has 0 fully saturated rings. The lowest BCUT2D eigenvalue weighted by Gasteiger charge is -2.07. The lowest BCUT2D eigenvalue weighted by Crippen LogP contribution is -2.68. The van der Waals surface area contributed by atoms with Crippen LogP contribution in [0.4, 0.5) is 28.4 Å². The number of rotatable bonds is 5. The van der Waals surface area contributed by atoms with Gasteiger partial charge in [-0.1, -0.05) is 17.7 Å². The zero-order valence-corrected chi connectivity index (χ0v) is 17.2. The molecule has 4 rings (SSSR count). The van der Waals surface area contributed by atoms with Crippen LogP contribution < -0.4 is 20.6 Å². The van der Waals surface area contributed by atoms with Crippen molar-refractivity contribution in [2.75, 3.05) is 17.7 Å². The molecule has 4 nitrogen and oxygen atoms in total. The monoisotopic (exact) mass is 394 g/mol. The van der Waals surface area contributed by atoms with Gasteiger partial charge in [0.05, 0.1) is 0 Å². The largest absolute Gasteiger partial charge is 0.388 e. The Kier molecular flexibility index (Phi) is 5.85. The van der Waals surface area contributed by atoms with Crippen LogP contribution in [0.5, 0.6) is 0 Å². The van der Waals surface area contributed by atoms with Crippen LogP contribution in [0.3, 0.4) is 0 Å². The predicted octanol–water partition coefficient (Wildman–Crippen LogP) is 2.91. The fourth-order valence-electron chi connectivity index (χ4n) is 3.13. The fraction of sp³-hybridized carbons (Fsp3) is 0.0769. The number of benzene rings is 3. The van der Waals surface area contributed by atoms with Crippen LogP contribution in [0.1, 0.15) is 5.56 Å². The molecule has 0 saturated carbocycles. The molecule has 3 aromatic rings. The van der Waals surface area contributed by atoms with Gasteiger partial charge in [-0.2, -0.15) is 0 Å². The Hall–Kier alpha value is -3.92.